The first-order chi connectivity index (χ1) is 10.1. The summed E-state index contributed by atoms with van der Waals surface area (Å²) in [5.41, 5.74) is 1.58. The molecular formula is C15H16N2O4. The van der Waals surface area contributed by atoms with Crippen molar-refractivity contribution in [1.29, 1.82) is 0 Å². The Morgan fingerprint density at radius 2 is 1.95 bits per heavy atom. The fourth-order valence-electron chi connectivity index (χ4n) is 1.90. The summed E-state index contributed by atoms with van der Waals surface area (Å²) in [4.78, 5) is 22.8. The van der Waals surface area contributed by atoms with E-state index < -0.39 is 18.0 Å². The average Bonchev–Trinajstić information content (AvgIpc) is 2.98. The summed E-state index contributed by atoms with van der Waals surface area (Å²) in [7, 11) is 0. The number of carbonyl (C=O) groups is 2. The van der Waals surface area contributed by atoms with Gasteiger partial charge in [-0.25, -0.2) is 4.79 Å². The summed E-state index contributed by atoms with van der Waals surface area (Å²) in [5, 5.41) is 14.3. The predicted molar refractivity (Wildman–Crippen MR) is 75.5 cm³/mol. The molecule has 1 aromatic carbocycles. The molecular weight excluding hydrogens is 272 g/mol. The van der Waals surface area contributed by atoms with Gasteiger partial charge in [-0.1, -0.05) is 30.3 Å². The van der Waals surface area contributed by atoms with Crippen LogP contribution in [0.15, 0.2) is 53.3 Å². The fraction of sp³-hybridized carbons (Fsp3) is 0.200. The molecule has 1 unspecified atom stereocenters. The molecule has 0 saturated heterocycles. The highest BCUT2D eigenvalue weighted by molar-refractivity contribution is 5.76. The van der Waals surface area contributed by atoms with Crippen LogP contribution >= 0.6 is 0 Å². The van der Waals surface area contributed by atoms with Gasteiger partial charge in [0, 0.05) is 12.1 Å². The number of carboxylic acid groups (broad SMARTS) is 1. The molecule has 1 atom stereocenters. The highest BCUT2D eigenvalue weighted by Gasteiger charge is 2.17. The molecule has 0 fully saturated rings. The molecule has 1 heterocycles. The van der Waals surface area contributed by atoms with Crippen LogP contribution in [0.5, 0.6) is 0 Å². The van der Waals surface area contributed by atoms with Crippen LogP contribution in [0.25, 0.3) is 0 Å². The second-order valence-electron chi connectivity index (χ2n) is 4.52. The van der Waals surface area contributed by atoms with Crippen molar-refractivity contribution in [3.05, 3.63) is 60.1 Å². The normalized spacial score (nSPS) is 11.6. The summed E-state index contributed by atoms with van der Waals surface area (Å²) in [5.74, 6) is -0.973. The van der Waals surface area contributed by atoms with Crippen LogP contribution in [0, 0.1) is 0 Å². The predicted octanol–water partition coefficient (Wildman–Crippen LogP) is 2.29. The molecule has 21 heavy (non-hydrogen) atoms. The van der Waals surface area contributed by atoms with E-state index in [-0.39, 0.29) is 6.42 Å². The molecule has 110 valence electrons. The maximum Gasteiger partial charge on any atom is 0.315 e. The zero-order valence-electron chi connectivity index (χ0n) is 11.3. The van der Waals surface area contributed by atoms with Crippen molar-refractivity contribution in [2.24, 2.45) is 0 Å². The largest absolute Gasteiger partial charge is 0.481 e. The lowest BCUT2D eigenvalue weighted by Gasteiger charge is -2.17. The third kappa shape index (κ3) is 4.68. The number of furan rings is 1. The number of nitrogens with one attached hydrogen (secondary N) is 2. The molecule has 0 aliphatic heterocycles. The number of amides is 2. The Kier molecular flexibility index (Phi) is 4.98. The molecule has 0 spiro atoms. The summed E-state index contributed by atoms with van der Waals surface area (Å²) in [6, 6.07) is 9.74. The lowest BCUT2D eigenvalue weighted by atomic mass is 10.0. The van der Waals surface area contributed by atoms with E-state index in [1.165, 1.54) is 12.5 Å². The number of urea groups is 1. The van der Waals surface area contributed by atoms with Gasteiger partial charge in [-0.15, -0.1) is 0 Å². The summed E-state index contributed by atoms with van der Waals surface area (Å²) in [6.45, 7) is 0.316. The standard InChI is InChI=1S/C15H16N2O4/c18-14(19)8-13(12-4-2-1-3-5-12)17-15(20)16-9-11-6-7-21-10-11/h1-7,10,13H,8-9H2,(H,18,19)(H2,16,17,20). The summed E-state index contributed by atoms with van der Waals surface area (Å²) >= 11 is 0. The van der Waals surface area contributed by atoms with Crippen molar-refractivity contribution >= 4 is 12.0 Å². The molecule has 0 aliphatic rings. The molecule has 0 radical (unpaired) electrons. The molecule has 0 saturated carbocycles. The Bertz CT molecular complexity index is 581. The molecule has 2 amide bonds. The minimum absolute atomic E-state index is 0.177. The first kappa shape index (κ1) is 14.6. The Morgan fingerprint density at radius 1 is 1.19 bits per heavy atom. The molecule has 0 aliphatic carbocycles. The van der Waals surface area contributed by atoms with E-state index in [0.29, 0.717) is 6.54 Å². The molecule has 2 rings (SSSR count). The monoisotopic (exact) mass is 288 g/mol. The lowest BCUT2D eigenvalue weighted by molar-refractivity contribution is -0.137. The van der Waals surface area contributed by atoms with E-state index in [4.69, 9.17) is 9.52 Å². The van der Waals surface area contributed by atoms with E-state index in [0.717, 1.165) is 11.1 Å². The Morgan fingerprint density at radius 3 is 2.57 bits per heavy atom. The number of rotatable bonds is 6. The number of carbonyl (C=O) groups excluding carboxylic acids is 1. The maximum absolute atomic E-state index is 11.9. The van der Waals surface area contributed by atoms with E-state index in [9.17, 15) is 9.59 Å². The van der Waals surface area contributed by atoms with Gasteiger partial charge in [0.25, 0.3) is 0 Å². The Balaban J connectivity index is 1.94. The number of carboxylic acids is 1. The molecule has 0 bridgehead atoms. The second-order valence-corrected chi connectivity index (χ2v) is 4.52. The van der Waals surface area contributed by atoms with Crippen molar-refractivity contribution in [3.8, 4) is 0 Å². The van der Waals surface area contributed by atoms with Gasteiger partial charge >= 0.3 is 12.0 Å². The van der Waals surface area contributed by atoms with E-state index >= 15 is 0 Å². The molecule has 6 heteroatoms. The number of hydrogen-bond donors (Lipinski definition) is 3. The first-order valence-electron chi connectivity index (χ1n) is 6.47. The van der Waals surface area contributed by atoms with Crippen LogP contribution in [-0.2, 0) is 11.3 Å². The van der Waals surface area contributed by atoms with Crippen molar-refractivity contribution in [2.75, 3.05) is 0 Å². The van der Waals surface area contributed by atoms with E-state index in [1.54, 1.807) is 30.3 Å². The van der Waals surface area contributed by atoms with Crippen LogP contribution in [0.4, 0.5) is 4.79 Å². The van der Waals surface area contributed by atoms with Crippen LogP contribution < -0.4 is 10.6 Å². The second kappa shape index (κ2) is 7.14. The molecule has 3 N–H and O–H groups in total. The van der Waals surface area contributed by atoms with Gasteiger partial charge in [-0.2, -0.15) is 0 Å². The average molecular weight is 288 g/mol. The molecule has 2 aromatic rings. The minimum atomic E-state index is -0.973. The summed E-state index contributed by atoms with van der Waals surface area (Å²) < 4.78 is 4.90. The summed E-state index contributed by atoms with van der Waals surface area (Å²) in [6.07, 6.45) is 2.88. The van der Waals surface area contributed by atoms with Crippen LogP contribution in [-0.4, -0.2) is 17.1 Å². The van der Waals surface area contributed by atoms with Crippen molar-refractivity contribution in [3.63, 3.8) is 0 Å². The maximum atomic E-state index is 11.9. The molecule has 6 nitrogen and oxygen atoms in total. The van der Waals surface area contributed by atoms with Gasteiger partial charge in [0.1, 0.15) is 0 Å². The van der Waals surface area contributed by atoms with E-state index in [2.05, 4.69) is 10.6 Å². The highest BCUT2D eigenvalue weighted by Crippen LogP contribution is 2.16. The quantitative estimate of drug-likeness (QED) is 0.760. The molecule has 1 aromatic heterocycles. The number of hydrogen-bond acceptors (Lipinski definition) is 3. The Labute approximate surface area is 121 Å². The minimum Gasteiger partial charge on any atom is -0.481 e. The zero-order chi connectivity index (χ0) is 15.1. The highest BCUT2D eigenvalue weighted by atomic mass is 16.4. The van der Waals surface area contributed by atoms with Crippen molar-refractivity contribution in [2.45, 2.75) is 19.0 Å². The van der Waals surface area contributed by atoms with Gasteiger partial charge in [-0.05, 0) is 11.6 Å². The number of benzene rings is 1. The topological polar surface area (TPSA) is 91.6 Å². The van der Waals surface area contributed by atoms with Gasteiger partial charge in [0.2, 0.25) is 0 Å². The van der Waals surface area contributed by atoms with Gasteiger partial charge in [0.15, 0.2) is 0 Å². The zero-order valence-corrected chi connectivity index (χ0v) is 11.3. The van der Waals surface area contributed by atoms with Crippen LogP contribution in [0.3, 0.4) is 0 Å². The third-order valence-corrected chi connectivity index (χ3v) is 2.92. The van der Waals surface area contributed by atoms with Crippen molar-refractivity contribution in [1.82, 2.24) is 10.6 Å². The van der Waals surface area contributed by atoms with Crippen LogP contribution in [0.1, 0.15) is 23.6 Å². The lowest BCUT2D eigenvalue weighted by Crippen LogP contribution is -2.38. The Hall–Kier alpha value is -2.76. The van der Waals surface area contributed by atoms with Gasteiger partial charge in [0.05, 0.1) is 25.0 Å². The fourth-order valence-corrected chi connectivity index (χ4v) is 1.90. The van der Waals surface area contributed by atoms with Crippen molar-refractivity contribution < 1.29 is 19.1 Å². The third-order valence-electron chi connectivity index (χ3n) is 2.92. The van der Waals surface area contributed by atoms with E-state index in [1.807, 2.05) is 6.07 Å². The number of aliphatic carboxylic acids is 1. The van der Waals surface area contributed by atoms with Gasteiger partial charge < -0.3 is 20.2 Å². The first-order valence-corrected chi connectivity index (χ1v) is 6.47. The van der Waals surface area contributed by atoms with Crippen LogP contribution in [0.2, 0.25) is 0 Å². The smallest absolute Gasteiger partial charge is 0.315 e. The van der Waals surface area contributed by atoms with Gasteiger partial charge in [-0.3, -0.25) is 4.79 Å². The SMILES string of the molecule is O=C(O)CC(NC(=O)NCc1ccoc1)c1ccccc1.